The highest BCUT2D eigenvalue weighted by atomic mass is 19.2. The van der Waals surface area contributed by atoms with E-state index in [-0.39, 0.29) is 11.3 Å². The van der Waals surface area contributed by atoms with E-state index in [0.29, 0.717) is 37.6 Å². The summed E-state index contributed by atoms with van der Waals surface area (Å²) >= 11 is 0. The molecule has 0 radical (unpaired) electrons. The zero-order chi connectivity index (χ0) is 18.0. The zero-order valence-electron chi connectivity index (χ0n) is 14.7. The molecule has 0 atom stereocenters. The van der Waals surface area contributed by atoms with E-state index in [1.165, 1.54) is 6.92 Å². The van der Waals surface area contributed by atoms with Gasteiger partial charge in [0, 0.05) is 50.7 Å². The summed E-state index contributed by atoms with van der Waals surface area (Å²) < 4.78 is 41.3. The molecule has 0 unspecified atom stereocenters. The Bertz CT molecular complexity index is 632. The van der Waals surface area contributed by atoms with Crippen molar-refractivity contribution in [1.82, 2.24) is 4.90 Å². The van der Waals surface area contributed by atoms with E-state index in [1.54, 1.807) is 4.90 Å². The molecular weight excluding hydrogens is 329 g/mol. The fraction of sp³-hybridized carbons (Fsp3) is 0.632. The SMILES string of the molecule is Cc1c(F)c(F)cc(N2CCN(CCC3CCC(=O)CC3)CC2)c1F. The number of benzene rings is 1. The predicted molar refractivity (Wildman–Crippen MR) is 91.3 cm³/mol. The van der Waals surface area contributed by atoms with E-state index in [4.69, 9.17) is 0 Å². The molecule has 0 N–H and O–H groups in total. The fourth-order valence-electron chi connectivity index (χ4n) is 3.81. The molecule has 2 fully saturated rings. The number of anilines is 1. The van der Waals surface area contributed by atoms with E-state index in [2.05, 4.69) is 4.90 Å². The second-order valence-electron chi connectivity index (χ2n) is 7.23. The smallest absolute Gasteiger partial charge is 0.164 e. The van der Waals surface area contributed by atoms with Gasteiger partial charge in [-0.15, -0.1) is 0 Å². The lowest BCUT2D eigenvalue weighted by atomic mass is 9.86. The van der Waals surface area contributed by atoms with Crippen molar-refractivity contribution in [2.75, 3.05) is 37.6 Å². The second-order valence-corrected chi connectivity index (χ2v) is 7.23. The number of piperazine rings is 1. The molecule has 1 aliphatic carbocycles. The van der Waals surface area contributed by atoms with Crippen LogP contribution in [0.5, 0.6) is 0 Å². The third-order valence-electron chi connectivity index (χ3n) is 5.59. The summed E-state index contributed by atoms with van der Waals surface area (Å²) in [5.74, 6) is -1.76. The van der Waals surface area contributed by atoms with Crippen LogP contribution in [-0.4, -0.2) is 43.4 Å². The Hall–Kier alpha value is -1.56. The second kappa shape index (κ2) is 7.77. The van der Waals surface area contributed by atoms with Crippen molar-refractivity contribution in [3.8, 4) is 0 Å². The minimum absolute atomic E-state index is 0.154. The first-order valence-corrected chi connectivity index (χ1v) is 9.09. The van der Waals surface area contributed by atoms with E-state index in [1.807, 2.05) is 0 Å². The maximum Gasteiger partial charge on any atom is 0.164 e. The Morgan fingerprint density at radius 3 is 2.32 bits per heavy atom. The molecule has 1 aromatic carbocycles. The van der Waals surface area contributed by atoms with E-state index in [0.717, 1.165) is 45.0 Å². The van der Waals surface area contributed by atoms with Gasteiger partial charge in [-0.1, -0.05) is 0 Å². The highest BCUT2D eigenvalue weighted by molar-refractivity contribution is 5.79. The van der Waals surface area contributed by atoms with Gasteiger partial charge in [-0.05, 0) is 38.6 Å². The molecule has 0 spiro atoms. The number of rotatable bonds is 4. The van der Waals surface area contributed by atoms with E-state index in [9.17, 15) is 18.0 Å². The molecule has 0 amide bonds. The number of hydrogen-bond acceptors (Lipinski definition) is 3. The van der Waals surface area contributed by atoms with Gasteiger partial charge in [-0.25, -0.2) is 13.2 Å². The Balaban J connectivity index is 1.51. The normalized spacial score (nSPS) is 20.3. The topological polar surface area (TPSA) is 23.6 Å². The average molecular weight is 354 g/mol. The van der Waals surface area contributed by atoms with Crippen LogP contribution in [0.15, 0.2) is 6.07 Å². The van der Waals surface area contributed by atoms with Crippen molar-refractivity contribution in [2.45, 2.75) is 39.0 Å². The van der Waals surface area contributed by atoms with Gasteiger partial charge in [0.2, 0.25) is 0 Å². The minimum Gasteiger partial charge on any atom is -0.367 e. The third-order valence-corrected chi connectivity index (χ3v) is 5.59. The van der Waals surface area contributed by atoms with Crippen molar-refractivity contribution < 1.29 is 18.0 Å². The molecule has 138 valence electrons. The molecule has 1 saturated carbocycles. The van der Waals surface area contributed by atoms with Crippen LogP contribution in [0, 0.1) is 30.3 Å². The maximum atomic E-state index is 14.3. The molecule has 0 aromatic heterocycles. The van der Waals surface area contributed by atoms with Crippen LogP contribution in [0.3, 0.4) is 0 Å². The number of ketones is 1. The molecule has 3 nitrogen and oxygen atoms in total. The average Bonchev–Trinajstić information content (AvgIpc) is 2.63. The summed E-state index contributed by atoms with van der Waals surface area (Å²) in [6, 6.07) is 0.965. The summed E-state index contributed by atoms with van der Waals surface area (Å²) in [6.07, 6.45) is 4.52. The van der Waals surface area contributed by atoms with Crippen LogP contribution < -0.4 is 4.90 Å². The number of Topliss-reactive ketones (excluding diaryl/α,β-unsaturated/α-hetero) is 1. The standard InChI is InChI=1S/C19H25F3N2O/c1-13-18(21)16(20)12-17(19(13)22)24-10-8-23(9-11-24)7-6-14-2-4-15(25)5-3-14/h12,14H,2-11H2,1H3. The Labute approximate surface area is 146 Å². The fourth-order valence-corrected chi connectivity index (χ4v) is 3.81. The number of nitrogens with zero attached hydrogens (tertiary/aromatic N) is 2. The largest absolute Gasteiger partial charge is 0.367 e. The van der Waals surface area contributed by atoms with Gasteiger partial charge in [0.15, 0.2) is 17.5 Å². The summed E-state index contributed by atoms with van der Waals surface area (Å²) in [5.41, 5.74) is -0.105. The first kappa shape index (κ1) is 18.2. The summed E-state index contributed by atoms with van der Waals surface area (Å²) in [6.45, 7) is 5.01. The van der Waals surface area contributed by atoms with Crippen molar-refractivity contribution in [1.29, 1.82) is 0 Å². The number of carbonyl (C=O) groups is 1. The molecule has 2 aliphatic rings. The molecule has 1 saturated heterocycles. The van der Waals surface area contributed by atoms with Gasteiger partial charge in [0.05, 0.1) is 5.69 Å². The first-order chi connectivity index (χ1) is 12.0. The predicted octanol–water partition coefficient (Wildman–Crippen LogP) is 3.68. The van der Waals surface area contributed by atoms with Crippen LogP contribution in [0.1, 0.15) is 37.7 Å². The van der Waals surface area contributed by atoms with Crippen LogP contribution in [-0.2, 0) is 4.79 Å². The number of halogens is 3. The van der Waals surface area contributed by atoms with Gasteiger partial charge >= 0.3 is 0 Å². The van der Waals surface area contributed by atoms with Crippen molar-refractivity contribution in [3.05, 3.63) is 29.1 Å². The van der Waals surface area contributed by atoms with Crippen LogP contribution >= 0.6 is 0 Å². The maximum absolute atomic E-state index is 14.3. The highest BCUT2D eigenvalue weighted by Crippen LogP contribution is 2.28. The van der Waals surface area contributed by atoms with Gasteiger partial charge in [-0.2, -0.15) is 0 Å². The summed E-state index contributed by atoms with van der Waals surface area (Å²) in [4.78, 5) is 15.4. The van der Waals surface area contributed by atoms with Crippen LogP contribution in [0.2, 0.25) is 0 Å². The molecule has 1 heterocycles. The molecule has 1 aliphatic heterocycles. The van der Waals surface area contributed by atoms with Crippen molar-refractivity contribution in [2.24, 2.45) is 5.92 Å². The monoisotopic (exact) mass is 354 g/mol. The molecule has 3 rings (SSSR count). The molecule has 1 aromatic rings. The van der Waals surface area contributed by atoms with Crippen LogP contribution in [0.4, 0.5) is 18.9 Å². The summed E-state index contributed by atoms with van der Waals surface area (Å²) in [5, 5.41) is 0. The first-order valence-electron chi connectivity index (χ1n) is 9.09. The molecular formula is C19H25F3N2O. The van der Waals surface area contributed by atoms with Crippen molar-refractivity contribution >= 4 is 11.5 Å². The zero-order valence-corrected chi connectivity index (χ0v) is 14.7. The van der Waals surface area contributed by atoms with Crippen molar-refractivity contribution in [3.63, 3.8) is 0 Å². The lowest BCUT2D eigenvalue weighted by Crippen LogP contribution is -2.47. The molecule has 25 heavy (non-hydrogen) atoms. The van der Waals surface area contributed by atoms with Gasteiger partial charge < -0.3 is 4.90 Å². The lowest BCUT2D eigenvalue weighted by molar-refractivity contribution is -0.121. The number of carbonyl (C=O) groups excluding carboxylic acids is 1. The van der Waals surface area contributed by atoms with E-state index >= 15 is 0 Å². The van der Waals surface area contributed by atoms with E-state index < -0.39 is 17.5 Å². The van der Waals surface area contributed by atoms with Gasteiger partial charge in [-0.3, -0.25) is 9.69 Å². The van der Waals surface area contributed by atoms with Crippen LogP contribution in [0.25, 0.3) is 0 Å². The third kappa shape index (κ3) is 4.17. The Kier molecular flexibility index (Phi) is 5.67. The lowest BCUT2D eigenvalue weighted by Gasteiger charge is -2.37. The Morgan fingerprint density at radius 2 is 1.68 bits per heavy atom. The summed E-state index contributed by atoms with van der Waals surface area (Å²) in [7, 11) is 0. The van der Waals surface area contributed by atoms with Gasteiger partial charge in [0.25, 0.3) is 0 Å². The highest BCUT2D eigenvalue weighted by Gasteiger charge is 2.24. The van der Waals surface area contributed by atoms with Gasteiger partial charge in [0.1, 0.15) is 5.78 Å². The molecule has 0 bridgehead atoms. The number of hydrogen-bond donors (Lipinski definition) is 0. The Morgan fingerprint density at radius 1 is 1.04 bits per heavy atom. The minimum atomic E-state index is -1.11. The quantitative estimate of drug-likeness (QED) is 0.771. The molecule has 6 heteroatoms.